The summed E-state index contributed by atoms with van der Waals surface area (Å²) in [6.07, 6.45) is 0.678. The monoisotopic (exact) mass is 293 g/mol. The average molecular weight is 294 g/mol. The van der Waals surface area contributed by atoms with Crippen molar-refractivity contribution < 1.29 is 9.13 Å². The van der Waals surface area contributed by atoms with Crippen LogP contribution in [0.15, 0.2) is 42.5 Å². The fourth-order valence-corrected chi connectivity index (χ4v) is 2.26. The minimum atomic E-state index is -0.385. The molecule has 0 aliphatic rings. The standard InChI is InChI=1S/C16H17ClFNO/c1-19-16(12-4-3-5-13(10-12)20-2)9-11-6-7-14(17)15(18)8-11/h3-8,10,16,19H,9H2,1-2H3. The van der Waals surface area contributed by atoms with Crippen molar-refractivity contribution in [3.05, 3.63) is 64.4 Å². The van der Waals surface area contributed by atoms with Crippen LogP contribution in [0.3, 0.4) is 0 Å². The summed E-state index contributed by atoms with van der Waals surface area (Å²) in [7, 11) is 3.53. The Balaban J connectivity index is 2.21. The zero-order chi connectivity index (χ0) is 14.5. The number of rotatable bonds is 5. The van der Waals surface area contributed by atoms with Gasteiger partial charge in [-0.15, -0.1) is 0 Å². The predicted molar refractivity (Wildman–Crippen MR) is 79.9 cm³/mol. The molecule has 20 heavy (non-hydrogen) atoms. The van der Waals surface area contributed by atoms with Gasteiger partial charge < -0.3 is 10.1 Å². The molecule has 2 nitrogen and oxygen atoms in total. The summed E-state index contributed by atoms with van der Waals surface area (Å²) in [5, 5.41) is 3.39. The van der Waals surface area contributed by atoms with Crippen molar-refractivity contribution in [2.24, 2.45) is 0 Å². The molecular formula is C16H17ClFNO. The maximum atomic E-state index is 13.5. The SMILES string of the molecule is CNC(Cc1ccc(Cl)c(F)c1)c1cccc(OC)c1. The van der Waals surface area contributed by atoms with Gasteiger partial charge in [0.05, 0.1) is 12.1 Å². The van der Waals surface area contributed by atoms with Crippen molar-refractivity contribution in [1.29, 1.82) is 0 Å². The van der Waals surface area contributed by atoms with E-state index in [0.717, 1.165) is 16.9 Å². The molecule has 0 amide bonds. The molecule has 0 aromatic heterocycles. The van der Waals surface area contributed by atoms with Crippen LogP contribution in [0, 0.1) is 5.82 Å². The van der Waals surface area contributed by atoms with E-state index >= 15 is 0 Å². The topological polar surface area (TPSA) is 21.3 Å². The summed E-state index contributed by atoms with van der Waals surface area (Å²) in [5.74, 6) is 0.426. The van der Waals surface area contributed by atoms with Gasteiger partial charge in [-0.3, -0.25) is 0 Å². The maximum absolute atomic E-state index is 13.5. The van der Waals surface area contributed by atoms with Gasteiger partial charge in [-0.1, -0.05) is 29.8 Å². The second-order valence-corrected chi connectivity index (χ2v) is 4.98. The molecule has 2 aromatic carbocycles. The number of hydrogen-bond acceptors (Lipinski definition) is 2. The van der Waals surface area contributed by atoms with Gasteiger partial charge >= 0.3 is 0 Å². The largest absolute Gasteiger partial charge is 0.497 e. The Hall–Kier alpha value is -1.58. The molecule has 106 valence electrons. The molecule has 0 saturated heterocycles. The van der Waals surface area contributed by atoms with Crippen LogP contribution < -0.4 is 10.1 Å². The third kappa shape index (κ3) is 3.50. The first-order chi connectivity index (χ1) is 9.63. The molecule has 0 radical (unpaired) electrons. The smallest absolute Gasteiger partial charge is 0.142 e. The van der Waals surface area contributed by atoms with Crippen LogP contribution in [0.4, 0.5) is 4.39 Å². The lowest BCUT2D eigenvalue weighted by atomic mass is 9.99. The predicted octanol–water partition coefficient (Wildman–Crippen LogP) is 3.99. The molecule has 0 heterocycles. The molecule has 4 heteroatoms. The number of likely N-dealkylation sites (N-methyl/N-ethyl adjacent to an activating group) is 1. The lowest BCUT2D eigenvalue weighted by molar-refractivity contribution is 0.413. The first-order valence-corrected chi connectivity index (χ1v) is 6.77. The van der Waals surface area contributed by atoms with Gasteiger partial charge in [0.1, 0.15) is 11.6 Å². The number of methoxy groups -OCH3 is 1. The van der Waals surface area contributed by atoms with E-state index in [2.05, 4.69) is 5.32 Å². The van der Waals surface area contributed by atoms with E-state index in [-0.39, 0.29) is 16.9 Å². The second kappa shape index (κ2) is 6.73. The van der Waals surface area contributed by atoms with Crippen LogP contribution in [0.5, 0.6) is 5.75 Å². The Morgan fingerprint density at radius 1 is 1.25 bits per heavy atom. The van der Waals surface area contributed by atoms with Crippen molar-refractivity contribution in [1.82, 2.24) is 5.32 Å². The average Bonchev–Trinajstić information content (AvgIpc) is 2.48. The zero-order valence-corrected chi connectivity index (χ0v) is 12.2. The van der Waals surface area contributed by atoms with Gasteiger partial charge in [-0.25, -0.2) is 4.39 Å². The normalized spacial score (nSPS) is 12.2. The number of ether oxygens (including phenoxy) is 1. The minimum absolute atomic E-state index is 0.0886. The zero-order valence-electron chi connectivity index (χ0n) is 11.5. The highest BCUT2D eigenvalue weighted by Crippen LogP contribution is 2.24. The van der Waals surface area contributed by atoms with Crippen molar-refractivity contribution >= 4 is 11.6 Å². The van der Waals surface area contributed by atoms with Gasteiger partial charge in [0.25, 0.3) is 0 Å². The second-order valence-electron chi connectivity index (χ2n) is 4.57. The Labute approximate surface area is 123 Å². The van der Waals surface area contributed by atoms with E-state index in [1.54, 1.807) is 13.2 Å². The van der Waals surface area contributed by atoms with E-state index in [1.165, 1.54) is 6.07 Å². The molecule has 0 bridgehead atoms. The molecule has 2 aromatic rings. The number of halogens is 2. The van der Waals surface area contributed by atoms with Gasteiger partial charge in [-0.2, -0.15) is 0 Å². The van der Waals surface area contributed by atoms with Crippen molar-refractivity contribution in [3.8, 4) is 5.75 Å². The quantitative estimate of drug-likeness (QED) is 0.900. The Kier molecular flexibility index (Phi) is 4.99. The molecule has 0 fully saturated rings. The first-order valence-electron chi connectivity index (χ1n) is 6.39. The summed E-state index contributed by atoms with van der Waals surface area (Å²) in [5.41, 5.74) is 2.00. The van der Waals surface area contributed by atoms with Gasteiger partial charge in [-0.05, 0) is 48.9 Å². The van der Waals surface area contributed by atoms with Crippen LogP contribution >= 0.6 is 11.6 Å². The van der Waals surface area contributed by atoms with Crippen molar-refractivity contribution in [3.63, 3.8) is 0 Å². The van der Waals surface area contributed by atoms with Gasteiger partial charge in [0, 0.05) is 6.04 Å². The number of nitrogens with one attached hydrogen (secondary N) is 1. The Bertz CT molecular complexity index is 588. The molecule has 1 N–H and O–H groups in total. The van der Waals surface area contributed by atoms with E-state index in [0.29, 0.717) is 6.42 Å². The third-order valence-corrected chi connectivity index (χ3v) is 3.57. The summed E-state index contributed by atoms with van der Waals surface area (Å²) in [6.45, 7) is 0. The van der Waals surface area contributed by atoms with Crippen molar-refractivity contribution in [2.45, 2.75) is 12.5 Å². The molecule has 0 saturated carbocycles. The van der Waals surface area contributed by atoms with E-state index in [4.69, 9.17) is 16.3 Å². The molecule has 0 aliphatic heterocycles. The lowest BCUT2D eigenvalue weighted by Gasteiger charge is -2.17. The number of benzene rings is 2. The van der Waals surface area contributed by atoms with Crippen LogP contribution in [-0.2, 0) is 6.42 Å². The molecule has 2 rings (SSSR count). The highest BCUT2D eigenvalue weighted by molar-refractivity contribution is 6.30. The Morgan fingerprint density at radius 3 is 2.70 bits per heavy atom. The summed E-state index contributed by atoms with van der Waals surface area (Å²) in [6, 6.07) is 12.8. The maximum Gasteiger partial charge on any atom is 0.142 e. The summed E-state index contributed by atoms with van der Waals surface area (Å²) < 4.78 is 18.7. The summed E-state index contributed by atoms with van der Waals surface area (Å²) in [4.78, 5) is 0. The highest BCUT2D eigenvalue weighted by atomic mass is 35.5. The molecule has 1 atom stereocenters. The fourth-order valence-electron chi connectivity index (χ4n) is 2.15. The van der Waals surface area contributed by atoms with Crippen LogP contribution in [0.2, 0.25) is 5.02 Å². The van der Waals surface area contributed by atoms with Crippen LogP contribution in [0.25, 0.3) is 0 Å². The highest BCUT2D eigenvalue weighted by Gasteiger charge is 2.12. The van der Waals surface area contributed by atoms with Crippen LogP contribution in [-0.4, -0.2) is 14.2 Å². The fraction of sp³-hybridized carbons (Fsp3) is 0.250. The van der Waals surface area contributed by atoms with E-state index in [1.807, 2.05) is 37.4 Å². The molecule has 0 spiro atoms. The molecule has 0 aliphatic carbocycles. The molecular weight excluding hydrogens is 277 g/mol. The van der Waals surface area contributed by atoms with Gasteiger partial charge in [0.15, 0.2) is 0 Å². The van der Waals surface area contributed by atoms with Crippen molar-refractivity contribution in [2.75, 3.05) is 14.2 Å². The minimum Gasteiger partial charge on any atom is -0.497 e. The first kappa shape index (κ1) is 14.8. The van der Waals surface area contributed by atoms with Crippen LogP contribution in [0.1, 0.15) is 17.2 Å². The third-order valence-electron chi connectivity index (χ3n) is 3.27. The Morgan fingerprint density at radius 2 is 2.05 bits per heavy atom. The van der Waals surface area contributed by atoms with E-state index < -0.39 is 0 Å². The lowest BCUT2D eigenvalue weighted by Crippen LogP contribution is -2.18. The number of hydrogen-bond donors (Lipinski definition) is 1. The van der Waals surface area contributed by atoms with Gasteiger partial charge in [0.2, 0.25) is 0 Å². The van der Waals surface area contributed by atoms with E-state index in [9.17, 15) is 4.39 Å². The molecule has 1 unspecified atom stereocenters. The summed E-state index contributed by atoms with van der Waals surface area (Å²) >= 11 is 5.70.